The molecule has 0 unspecified atom stereocenters. The van der Waals surface area contributed by atoms with Gasteiger partial charge in [-0.25, -0.2) is 0 Å². The van der Waals surface area contributed by atoms with E-state index in [1.807, 2.05) is 0 Å². The predicted molar refractivity (Wildman–Crippen MR) is 30.0 cm³/mol. The number of rotatable bonds is 0. The summed E-state index contributed by atoms with van der Waals surface area (Å²) in [6.45, 7) is 0.307. The molecule has 0 aromatic carbocycles. The van der Waals surface area contributed by atoms with Crippen molar-refractivity contribution in [1.29, 1.82) is 0 Å². The van der Waals surface area contributed by atoms with Crippen molar-refractivity contribution in [1.82, 2.24) is 4.90 Å². The normalized spacial score (nSPS) is 15.3. The van der Waals surface area contributed by atoms with E-state index in [9.17, 15) is 14.7 Å². The molecule has 0 atom stereocenters. The first kappa shape index (κ1) is 13.5. The Bertz CT molecular complexity index is 161. The third-order valence-electron chi connectivity index (χ3n) is 1.29. The second-order valence-electron chi connectivity index (χ2n) is 1.91. The molecule has 0 aromatic heterocycles. The van der Waals surface area contributed by atoms with Crippen LogP contribution in [0.15, 0.2) is 0 Å². The van der Waals surface area contributed by atoms with E-state index < -0.39 is 6.09 Å². The van der Waals surface area contributed by atoms with Crippen molar-refractivity contribution < 1.29 is 49.7 Å². The van der Waals surface area contributed by atoms with Crippen molar-refractivity contribution >= 4 is 12.0 Å². The number of carboxylic acid groups (broad SMARTS) is 1. The van der Waals surface area contributed by atoms with Gasteiger partial charge in [0.2, 0.25) is 5.91 Å². The maximum atomic E-state index is 10.5. The van der Waals surface area contributed by atoms with E-state index in [1.54, 1.807) is 0 Å². The van der Waals surface area contributed by atoms with Crippen LogP contribution in [0.25, 0.3) is 0 Å². The van der Waals surface area contributed by atoms with E-state index >= 15 is 0 Å². The summed E-state index contributed by atoms with van der Waals surface area (Å²) >= 11 is 0. The number of hydrogen-bond donors (Lipinski definition) is 0. The molecule has 2 N–H and O–H groups in total. The summed E-state index contributed by atoms with van der Waals surface area (Å²) in [5.74, 6) is -0.338. The Morgan fingerprint density at radius 1 is 1.55 bits per heavy atom. The minimum Gasteiger partial charge on any atom is -0.530 e. The molecule has 1 saturated heterocycles. The Hall–Kier alpha value is -0.100. The van der Waals surface area contributed by atoms with Gasteiger partial charge in [-0.2, -0.15) is 0 Å². The quantitative estimate of drug-likeness (QED) is 0.340. The van der Waals surface area contributed by atoms with Gasteiger partial charge >= 0.3 is 29.6 Å². The van der Waals surface area contributed by atoms with Crippen LogP contribution in [0.1, 0.15) is 12.8 Å². The molecule has 0 radical (unpaired) electrons. The fourth-order valence-corrected chi connectivity index (χ4v) is 0.841. The number of carbonyl (C=O) groups excluding carboxylic acids is 2. The van der Waals surface area contributed by atoms with Gasteiger partial charge in [0.15, 0.2) is 0 Å². The molecular weight excluding hydrogens is 161 g/mol. The molecule has 1 fully saturated rings. The molecule has 1 rings (SSSR count). The third kappa shape index (κ3) is 3.20. The van der Waals surface area contributed by atoms with Gasteiger partial charge in [-0.3, -0.25) is 9.69 Å². The fourth-order valence-electron chi connectivity index (χ4n) is 0.841. The standard InChI is InChI=1S/C5H7NO3.Na.H2O/c7-4-2-1-3-6(4)5(8)9;;/h1-3H2,(H,8,9);;1H2/q;+1;/p-1. The van der Waals surface area contributed by atoms with Gasteiger partial charge in [-0.15, -0.1) is 0 Å². The fraction of sp³-hybridized carbons (Fsp3) is 0.600. The monoisotopic (exact) mass is 169 g/mol. The molecule has 0 bridgehead atoms. The van der Waals surface area contributed by atoms with Crippen LogP contribution in [0.4, 0.5) is 4.79 Å². The Morgan fingerprint density at radius 3 is 2.27 bits per heavy atom. The first-order chi connectivity index (χ1) is 4.22. The number of nitrogens with zero attached hydrogens (tertiary/aromatic N) is 1. The van der Waals surface area contributed by atoms with Gasteiger partial charge in [0.1, 0.15) is 6.09 Å². The Morgan fingerprint density at radius 2 is 2.09 bits per heavy atom. The van der Waals surface area contributed by atoms with Crippen molar-refractivity contribution in [3.8, 4) is 0 Å². The summed E-state index contributed by atoms with van der Waals surface area (Å²) in [5, 5.41) is 10.0. The number of hydrogen-bond acceptors (Lipinski definition) is 3. The number of amides is 2. The summed E-state index contributed by atoms with van der Waals surface area (Å²) in [4.78, 5) is 21.3. The van der Waals surface area contributed by atoms with Crippen LogP contribution in [0.5, 0.6) is 0 Å². The van der Waals surface area contributed by atoms with Crippen LogP contribution < -0.4 is 34.7 Å². The predicted octanol–water partition coefficient (Wildman–Crippen LogP) is -4.87. The molecule has 0 saturated carbocycles. The maximum absolute atomic E-state index is 10.5. The third-order valence-corrected chi connectivity index (χ3v) is 1.29. The van der Waals surface area contributed by atoms with Crippen molar-refractivity contribution in [3.63, 3.8) is 0 Å². The zero-order valence-electron chi connectivity index (χ0n) is 6.29. The van der Waals surface area contributed by atoms with E-state index in [4.69, 9.17) is 0 Å². The van der Waals surface area contributed by atoms with Crippen LogP contribution in [-0.4, -0.2) is 28.9 Å². The van der Waals surface area contributed by atoms with Crippen LogP contribution >= 0.6 is 0 Å². The summed E-state index contributed by atoms with van der Waals surface area (Å²) < 4.78 is 0. The minimum absolute atomic E-state index is 0. The minimum atomic E-state index is -1.38. The molecule has 0 aliphatic carbocycles. The van der Waals surface area contributed by atoms with Gasteiger partial charge in [-0.1, -0.05) is 0 Å². The molecule has 5 nitrogen and oxygen atoms in total. The molecule has 6 heteroatoms. The molecule has 1 heterocycles. The van der Waals surface area contributed by atoms with Gasteiger partial charge in [-0.05, 0) is 6.42 Å². The van der Waals surface area contributed by atoms with Crippen molar-refractivity contribution in [2.75, 3.05) is 6.54 Å². The largest absolute Gasteiger partial charge is 1.00 e. The van der Waals surface area contributed by atoms with Crippen molar-refractivity contribution in [2.45, 2.75) is 12.8 Å². The smallest absolute Gasteiger partial charge is 0.530 e. The summed E-state index contributed by atoms with van der Waals surface area (Å²) in [5.41, 5.74) is 0. The average Bonchev–Trinajstić information content (AvgIpc) is 2.13. The zero-order valence-corrected chi connectivity index (χ0v) is 8.29. The van der Waals surface area contributed by atoms with E-state index in [1.165, 1.54) is 0 Å². The average molecular weight is 169 g/mol. The Balaban J connectivity index is 0. The Labute approximate surface area is 86.0 Å². The van der Waals surface area contributed by atoms with Gasteiger partial charge in [0.25, 0.3) is 0 Å². The van der Waals surface area contributed by atoms with Gasteiger partial charge < -0.3 is 15.4 Å². The van der Waals surface area contributed by atoms with Crippen LogP contribution in [0, 0.1) is 0 Å². The number of imide groups is 1. The van der Waals surface area contributed by atoms with Crippen LogP contribution in [-0.2, 0) is 4.79 Å². The summed E-state index contributed by atoms with van der Waals surface area (Å²) in [7, 11) is 0. The molecule has 58 valence electrons. The van der Waals surface area contributed by atoms with E-state index in [-0.39, 0.29) is 40.9 Å². The van der Waals surface area contributed by atoms with E-state index in [0.717, 1.165) is 4.90 Å². The second-order valence-corrected chi connectivity index (χ2v) is 1.91. The summed E-state index contributed by atoms with van der Waals surface area (Å²) in [6.07, 6.45) is -0.404. The van der Waals surface area contributed by atoms with Crippen LogP contribution in [0.2, 0.25) is 0 Å². The molecule has 1 aliphatic heterocycles. The van der Waals surface area contributed by atoms with Gasteiger partial charge in [0.05, 0.1) is 0 Å². The van der Waals surface area contributed by atoms with Gasteiger partial charge in [0, 0.05) is 13.0 Å². The molecule has 11 heavy (non-hydrogen) atoms. The summed E-state index contributed by atoms with van der Waals surface area (Å²) in [6, 6.07) is 0. The topological polar surface area (TPSA) is 91.9 Å². The number of likely N-dealkylation sites (tertiary alicyclic amines) is 1. The zero-order chi connectivity index (χ0) is 6.85. The molecular formula is C5H8NNaO4. The number of carbonyl (C=O) groups is 2. The maximum Gasteiger partial charge on any atom is 1.00 e. The molecule has 0 aromatic rings. The van der Waals surface area contributed by atoms with Crippen molar-refractivity contribution in [3.05, 3.63) is 0 Å². The van der Waals surface area contributed by atoms with Crippen LogP contribution in [0.3, 0.4) is 0 Å². The first-order valence-electron chi connectivity index (χ1n) is 2.73. The first-order valence-corrected chi connectivity index (χ1v) is 2.73. The molecule has 2 amide bonds. The van der Waals surface area contributed by atoms with E-state index in [2.05, 4.69) is 0 Å². The Kier molecular flexibility index (Phi) is 6.79. The SMILES string of the molecule is O.O=C([O-])N1CCCC1=O.[Na+]. The van der Waals surface area contributed by atoms with E-state index in [0.29, 0.717) is 19.4 Å². The van der Waals surface area contributed by atoms with Crippen molar-refractivity contribution in [2.24, 2.45) is 0 Å². The molecule has 1 aliphatic rings. The molecule has 0 spiro atoms. The second kappa shape index (κ2) is 5.54.